The first kappa shape index (κ1) is 11.0. The zero-order valence-corrected chi connectivity index (χ0v) is 11.3. The summed E-state index contributed by atoms with van der Waals surface area (Å²) in [5, 5.41) is 1.28. The first-order valence-corrected chi connectivity index (χ1v) is 5.92. The zero-order chi connectivity index (χ0) is 11.2. The van der Waals surface area contributed by atoms with E-state index in [0.29, 0.717) is 0 Å². The van der Waals surface area contributed by atoms with Crippen LogP contribution < -0.4 is 5.56 Å². The average molecular weight is 334 g/mol. The molecule has 0 saturated carbocycles. The van der Waals surface area contributed by atoms with Crippen molar-refractivity contribution in [3.8, 4) is 0 Å². The van der Waals surface area contributed by atoms with E-state index >= 15 is 0 Å². The Hall–Kier alpha value is -0.550. The molecule has 15 heavy (non-hydrogen) atoms. The highest BCUT2D eigenvalue weighted by Crippen LogP contribution is 2.22. The van der Waals surface area contributed by atoms with Crippen molar-refractivity contribution in [2.75, 3.05) is 0 Å². The third-order valence-corrected chi connectivity index (χ3v) is 3.31. The second-order valence-electron chi connectivity index (χ2n) is 3.52. The first-order valence-electron chi connectivity index (χ1n) is 4.46. The molecule has 0 fully saturated rings. The van der Waals surface area contributed by atoms with Crippen molar-refractivity contribution in [1.82, 2.24) is 4.57 Å². The lowest BCUT2D eigenvalue weighted by molar-refractivity contribution is 0.902. The molecule has 1 aromatic carbocycles. The Balaban J connectivity index is 3.05. The second-order valence-corrected chi connectivity index (χ2v) is 5.17. The minimum Gasteiger partial charge on any atom is -0.310 e. The number of hydrogen-bond donors (Lipinski definition) is 0. The maximum atomic E-state index is 11.6. The van der Waals surface area contributed by atoms with E-state index in [-0.39, 0.29) is 10.6 Å². The number of aromatic nitrogens is 1. The van der Waals surface area contributed by atoms with E-state index < -0.39 is 0 Å². The molecule has 78 valence electrons. The molecule has 0 atom stereocenters. The van der Waals surface area contributed by atoms with E-state index in [4.69, 9.17) is 11.6 Å². The van der Waals surface area contributed by atoms with Gasteiger partial charge in [-0.05, 0) is 53.3 Å². The highest BCUT2D eigenvalue weighted by molar-refractivity contribution is 14.1. The third-order valence-electron chi connectivity index (χ3n) is 2.42. The molecule has 0 radical (unpaired) electrons. The summed E-state index contributed by atoms with van der Waals surface area (Å²) in [5.41, 5.74) is 1.89. The zero-order valence-electron chi connectivity index (χ0n) is 8.34. The fourth-order valence-corrected chi connectivity index (χ4v) is 2.84. The summed E-state index contributed by atoms with van der Waals surface area (Å²) in [6.45, 7) is 2.00. The number of benzene rings is 1. The largest absolute Gasteiger partial charge is 0.310 e. The molecule has 4 heteroatoms. The van der Waals surface area contributed by atoms with Gasteiger partial charge in [0.05, 0.1) is 5.52 Å². The van der Waals surface area contributed by atoms with Gasteiger partial charge < -0.3 is 4.57 Å². The van der Waals surface area contributed by atoms with Crippen LogP contribution in [0.3, 0.4) is 0 Å². The van der Waals surface area contributed by atoms with Crippen LogP contribution in [0.2, 0.25) is 5.02 Å². The predicted molar refractivity (Wildman–Crippen MR) is 71.7 cm³/mol. The van der Waals surface area contributed by atoms with Gasteiger partial charge in [-0.3, -0.25) is 4.79 Å². The van der Waals surface area contributed by atoms with Crippen molar-refractivity contribution in [1.29, 1.82) is 0 Å². The van der Waals surface area contributed by atoms with Crippen molar-refractivity contribution in [2.24, 2.45) is 7.05 Å². The van der Waals surface area contributed by atoms with Crippen molar-refractivity contribution >= 4 is 45.1 Å². The fraction of sp³-hybridized carbons (Fsp3) is 0.182. The van der Waals surface area contributed by atoms with Crippen LogP contribution in [0.4, 0.5) is 0 Å². The van der Waals surface area contributed by atoms with Gasteiger partial charge in [0.15, 0.2) is 0 Å². The van der Waals surface area contributed by atoms with E-state index in [2.05, 4.69) is 28.7 Å². The molecule has 0 aliphatic heterocycles. The molecule has 0 bridgehead atoms. The molecule has 0 amide bonds. The second kappa shape index (κ2) is 3.79. The summed E-state index contributed by atoms with van der Waals surface area (Å²) in [6, 6.07) is 5.80. The topological polar surface area (TPSA) is 22.0 Å². The van der Waals surface area contributed by atoms with Crippen LogP contribution in [0.25, 0.3) is 10.9 Å². The standard InChI is InChI=1S/C11H9ClINO/c1-6-3-8(13)4-7-5-9(12)11(15)14(2)10(6)7/h3-5H,1-2H3. The molecule has 0 aliphatic carbocycles. The molecule has 0 aliphatic rings. The number of aryl methyl sites for hydroxylation is 2. The molecule has 1 heterocycles. The molecule has 0 spiro atoms. The van der Waals surface area contributed by atoms with Crippen molar-refractivity contribution in [3.63, 3.8) is 0 Å². The molecular weight excluding hydrogens is 324 g/mol. The number of hydrogen-bond acceptors (Lipinski definition) is 1. The van der Waals surface area contributed by atoms with Gasteiger partial charge in [-0.25, -0.2) is 0 Å². The van der Waals surface area contributed by atoms with Gasteiger partial charge >= 0.3 is 0 Å². The maximum Gasteiger partial charge on any atom is 0.269 e. The molecule has 0 unspecified atom stereocenters. The van der Waals surface area contributed by atoms with Gasteiger partial charge in [-0.15, -0.1) is 0 Å². The van der Waals surface area contributed by atoms with Crippen LogP contribution in [0.15, 0.2) is 23.0 Å². The van der Waals surface area contributed by atoms with Crippen LogP contribution >= 0.6 is 34.2 Å². The smallest absolute Gasteiger partial charge is 0.269 e. The van der Waals surface area contributed by atoms with Crippen LogP contribution in [0.5, 0.6) is 0 Å². The lowest BCUT2D eigenvalue weighted by atomic mass is 10.1. The number of pyridine rings is 1. The quantitative estimate of drug-likeness (QED) is 0.679. The lowest BCUT2D eigenvalue weighted by Gasteiger charge is -2.09. The first-order chi connectivity index (χ1) is 7.00. The highest BCUT2D eigenvalue weighted by atomic mass is 127. The van der Waals surface area contributed by atoms with Crippen molar-refractivity contribution in [3.05, 3.63) is 42.7 Å². The average Bonchev–Trinajstić information content (AvgIpc) is 2.13. The number of rotatable bonds is 0. The van der Waals surface area contributed by atoms with Gasteiger partial charge in [0.2, 0.25) is 0 Å². The lowest BCUT2D eigenvalue weighted by Crippen LogP contribution is -2.17. The van der Waals surface area contributed by atoms with Crippen LogP contribution in [0, 0.1) is 10.5 Å². The molecule has 2 rings (SSSR count). The van der Waals surface area contributed by atoms with Gasteiger partial charge in [0.1, 0.15) is 5.02 Å². The van der Waals surface area contributed by atoms with E-state index in [9.17, 15) is 4.79 Å². The molecule has 2 aromatic rings. The summed E-state index contributed by atoms with van der Waals surface area (Å²) in [5.74, 6) is 0. The Morgan fingerprint density at radius 2 is 2.00 bits per heavy atom. The molecule has 0 N–H and O–H groups in total. The molecule has 0 saturated heterocycles. The van der Waals surface area contributed by atoms with Crippen LogP contribution in [-0.4, -0.2) is 4.57 Å². The van der Waals surface area contributed by atoms with Gasteiger partial charge in [0.25, 0.3) is 5.56 Å². The minimum absolute atomic E-state index is 0.145. The Bertz CT molecular complexity index is 604. The fourth-order valence-electron chi connectivity index (χ4n) is 1.79. The number of fused-ring (bicyclic) bond motifs is 1. The Labute approximate surface area is 106 Å². The maximum absolute atomic E-state index is 11.6. The SMILES string of the molecule is Cc1cc(I)cc2cc(Cl)c(=O)n(C)c12. The van der Waals surface area contributed by atoms with Crippen molar-refractivity contribution < 1.29 is 0 Å². The summed E-state index contributed by atoms with van der Waals surface area (Å²) in [7, 11) is 1.75. The molecule has 2 nitrogen and oxygen atoms in total. The summed E-state index contributed by atoms with van der Waals surface area (Å²) >= 11 is 8.12. The van der Waals surface area contributed by atoms with Gasteiger partial charge in [0, 0.05) is 16.0 Å². The monoisotopic (exact) mass is 333 g/mol. The summed E-state index contributed by atoms with van der Waals surface area (Å²) < 4.78 is 2.75. The predicted octanol–water partition coefficient (Wildman–Crippen LogP) is 3.10. The van der Waals surface area contributed by atoms with E-state index in [1.807, 2.05) is 13.0 Å². The van der Waals surface area contributed by atoms with E-state index in [0.717, 1.165) is 20.0 Å². The number of halogens is 2. The Kier molecular flexibility index (Phi) is 2.77. The Morgan fingerprint density at radius 1 is 1.33 bits per heavy atom. The summed E-state index contributed by atoms with van der Waals surface area (Å²) in [6.07, 6.45) is 0. The normalized spacial score (nSPS) is 10.9. The number of nitrogens with zero attached hydrogens (tertiary/aromatic N) is 1. The Morgan fingerprint density at radius 3 is 2.67 bits per heavy atom. The van der Waals surface area contributed by atoms with E-state index in [1.54, 1.807) is 17.7 Å². The van der Waals surface area contributed by atoms with Crippen molar-refractivity contribution in [2.45, 2.75) is 6.92 Å². The van der Waals surface area contributed by atoms with Gasteiger partial charge in [-0.1, -0.05) is 11.6 Å². The highest BCUT2D eigenvalue weighted by Gasteiger charge is 2.07. The minimum atomic E-state index is -0.145. The third kappa shape index (κ3) is 1.78. The van der Waals surface area contributed by atoms with Crippen LogP contribution in [0.1, 0.15) is 5.56 Å². The van der Waals surface area contributed by atoms with Gasteiger partial charge in [-0.2, -0.15) is 0 Å². The van der Waals surface area contributed by atoms with Crippen LogP contribution in [-0.2, 0) is 7.05 Å². The molecular formula is C11H9ClINO. The molecule has 1 aromatic heterocycles. The van der Waals surface area contributed by atoms with E-state index in [1.165, 1.54) is 0 Å². The summed E-state index contributed by atoms with van der Waals surface area (Å²) in [4.78, 5) is 11.6.